The third kappa shape index (κ3) is 4.58. The quantitative estimate of drug-likeness (QED) is 0.872. The van der Waals surface area contributed by atoms with Gasteiger partial charge in [0.05, 0.1) is 12.7 Å². The molecule has 1 N–H and O–H groups in total. The van der Waals surface area contributed by atoms with Gasteiger partial charge < -0.3 is 10.1 Å². The smallest absolute Gasteiger partial charge is 0.220 e. The molecule has 2 atom stereocenters. The van der Waals surface area contributed by atoms with E-state index in [2.05, 4.69) is 48.3 Å². The number of carbonyl (C=O) groups excluding carboxylic acids is 1. The van der Waals surface area contributed by atoms with Gasteiger partial charge in [0, 0.05) is 25.6 Å². The number of nitrogens with zero attached hydrogens (tertiary/aromatic N) is 1. The predicted octanol–water partition coefficient (Wildman–Crippen LogP) is 2.72. The van der Waals surface area contributed by atoms with Crippen LogP contribution in [0.5, 0.6) is 0 Å². The number of fused-ring (bicyclic) bond motifs is 1. The van der Waals surface area contributed by atoms with Crippen molar-refractivity contribution in [3.8, 4) is 0 Å². The van der Waals surface area contributed by atoms with Crippen LogP contribution in [0.15, 0.2) is 24.3 Å². The van der Waals surface area contributed by atoms with Gasteiger partial charge in [-0.15, -0.1) is 0 Å². The van der Waals surface area contributed by atoms with E-state index >= 15 is 0 Å². The van der Waals surface area contributed by atoms with Crippen molar-refractivity contribution in [3.05, 3.63) is 35.4 Å². The lowest BCUT2D eigenvalue weighted by Crippen LogP contribution is -2.50. The Labute approximate surface area is 145 Å². The topological polar surface area (TPSA) is 41.6 Å². The van der Waals surface area contributed by atoms with E-state index in [0.29, 0.717) is 24.9 Å². The molecule has 2 aliphatic rings. The fourth-order valence-corrected chi connectivity index (χ4v) is 3.65. The van der Waals surface area contributed by atoms with Gasteiger partial charge in [-0.05, 0) is 42.9 Å². The molecule has 1 amide bonds. The number of benzene rings is 1. The van der Waals surface area contributed by atoms with Crippen LogP contribution in [0.4, 0.5) is 0 Å². The first-order valence-electron chi connectivity index (χ1n) is 9.33. The molecule has 0 saturated carbocycles. The van der Waals surface area contributed by atoms with Gasteiger partial charge in [0.2, 0.25) is 5.91 Å². The number of rotatable bonds is 6. The van der Waals surface area contributed by atoms with Gasteiger partial charge in [-0.2, -0.15) is 0 Å². The van der Waals surface area contributed by atoms with Crippen molar-refractivity contribution in [1.82, 2.24) is 10.2 Å². The first kappa shape index (κ1) is 17.4. The summed E-state index contributed by atoms with van der Waals surface area (Å²) in [7, 11) is 0. The molecule has 4 nitrogen and oxygen atoms in total. The summed E-state index contributed by atoms with van der Waals surface area (Å²) in [4.78, 5) is 14.6. The first-order valence-corrected chi connectivity index (χ1v) is 9.33. The van der Waals surface area contributed by atoms with Crippen molar-refractivity contribution >= 4 is 5.91 Å². The molecule has 1 aromatic rings. The van der Waals surface area contributed by atoms with Gasteiger partial charge in [0.25, 0.3) is 0 Å². The minimum atomic E-state index is 0.120. The maximum absolute atomic E-state index is 12.1. The summed E-state index contributed by atoms with van der Waals surface area (Å²) >= 11 is 0. The van der Waals surface area contributed by atoms with E-state index in [4.69, 9.17) is 4.74 Å². The summed E-state index contributed by atoms with van der Waals surface area (Å²) in [5.41, 5.74) is 2.57. The molecule has 0 aromatic heterocycles. The molecule has 0 radical (unpaired) electrons. The minimum absolute atomic E-state index is 0.120. The molecule has 0 aliphatic carbocycles. The monoisotopic (exact) mass is 330 g/mol. The number of carbonyl (C=O) groups is 1. The van der Waals surface area contributed by atoms with Crippen LogP contribution in [0.2, 0.25) is 0 Å². The summed E-state index contributed by atoms with van der Waals surface area (Å²) in [5.74, 6) is 0.670. The van der Waals surface area contributed by atoms with Gasteiger partial charge in [-0.1, -0.05) is 38.1 Å². The number of hydrogen-bond acceptors (Lipinski definition) is 3. The molecular formula is C20H30N2O2. The number of morpholine rings is 1. The van der Waals surface area contributed by atoms with Crippen LogP contribution in [0.25, 0.3) is 0 Å². The fraction of sp³-hybridized carbons (Fsp3) is 0.650. The lowest BCUT2D eigenvalue weighted by molar-refractivity contribution is -0.122. The van der Waals surface area contributed by atoms with Gasteiger partial charge in [0.15, 0.2) is 0 Å². The van der Waals surface area contributed by atoms with E-state index < -0.39 is 0 Å². The molecule has 0 unspecified atom stereocenters. The number of aryl methyl sites for hydroxylation is 1. The molecule has 2 fully saturated rings. The standard InChI is InChI=1S/C20H30N2O2/c1-15(2)17-8-5-16(6-9-17)7-10-20(23)21-12-19-13-22-11-3-4-18(22)14-24-19/h5-6,8-9,15,18-19H,3-4,7,10-14H2,1-2H3,(H,21,23)/t18-,19-/m1/s1. The molecule has 132 valence electrons. The molecule has 24 heavy (non-hydrogen) atoms. The molecule has 0 spiro atoms. The lowest BCUT2D eigenvalue weighted by atomic mass is 10.0. The van der Waals surface area contributed by atoms with E-state index in [1.54, 1.807) is 0 Å². The Morgan fingerprint density at radius 1 is 1.33 bits per heavy atom. The SMILES string of the molecule is CC(C)c1ccc(CCC(=O)NC[C@@H]2CN3CCC[C@@H]3CO2)cc1. The Hall–Kier alpha value is -1.39. The van der Waals surface area contributed by atoms with Crippen LogP contribution >= 0.6 is 0 Å². The van der Waals surface area contributed by atoms with Crippen LogP contribution in [0.3, 0.4) is 0 Å². The van der Waals surface area contributed by atoms with Crippen LogP contribution in [0, 0.1) is 0 Å². The third-order valence-electron chi connectivity index (χ3n) is 5.28. The van der Waals surface area contributed by atoms with Gasteiger partial charge in [-0.3, -0.25) is 9.69 Å². The first-order chi connectivity index (χ1) is 11.6. The second-order valence-electron chi connectivity index (χ2n) is 7.45. The van der Waals surface area contributed by atoms with Crippen molar-refractivity contribution in [2.75, 3.05) is 26.2 Å². The van der Waals surface area contributed by atoms with Crippen LogP contribution < -0.4 is 5.32 Å². The highest BCUT2D eigenvalue weighted by Gasteiger charge is 2.32. The Balaban J connectivity index is 1.36. The highest BCUT2D eigenvalue weighted by Crippen LogP contribution is 2.22. The highest BCUT2D eigenvalue weighted by molar-refractivity contribution is 5.76. The van der Waals surface area contributed by atoms with Crippen molar-refractivity contribution in [3.63, 3.8) is 0 Å². The molecule has 2 aliphatic heterocycles. The van der Waals surface area contributed by atoms with Crippen molar-refractivity contribution in [2.24, 2.45) is 0 Å². The average Bonchev–Trinajstić information content (AvgIpc) is 3.06. The highest BCUT2D eigenvalue weighted by atomic mass is 16.5. The molecule has 4 heteroatoms. The second-order valence-corrected chi connectivity index (χ2v) is 7.45. The Morgan fingerprint density at radius 3 is 2.88 bits per heavy atom. The van der Waals surface area contributed by atoms with Crippen LogP contribution in [0.1, 0.15) is 50.2 Å². The van der Waals surface area contributed by atoms with Crippen LogP contribution in [-0.2, 0) is 16.0 Å². The predicted molar refractivity (Wildman–Crippen MR) is 96.2 cm³/mol. The van der Waals surface area contributed by atoms with Crippen LogP contribution in [-0.4, -0.2) is 49.2 Å². The largest absolute Gasteiger partial charge is 0.373 e. The number of nitrogens with one attached hydrogen (secondary N) is 1. The molecule has 0 bridgehead atoms. The van der Waals surface area contributed by atoms with Gasteiger partial charge in [0.1, 0.15) is 0 Å². The Morgan fingerprint density at radius 2 is 2.12 bits per heavy atom. The molecule has 3 rings (SSSR count). The Bertz CT molecular complexity index is 541. The maximum Gasteiger partial charge on any atom is 0.220 e. The molecular weight excluding hydrogens is 300 g/mol. The number of ether oxygens (including phenoxy) is 1. The fourth-order valence-electron chi connectivity index (χ4n) is 3.65. The van der Waals surface area contributed by atoms with Crippen molar-refractivity contribution < 1.29 is 9.53 Å². The number of amides is 1. The lowest BCUT2D eigenvalue weighted by Gasteiger charge is -2.35. The molecule has 1 aromatic carbocycles. The average molecular weight is 330 g/mol. The second kappa shape index (κ2) is 8.13. The van der Waals surface area contributed by atoms with Gasteiger partial charge in [-0.25, -0.2) is 0 Å². The summed E-state index contributed by atoms with van der Waals surface area (Å²) in [6, 6.07) is 9.23. The Kier molecular flexibility index (Phi) is 5.90. The minimum Gasteiger partial charge on any atom is -0.373 e. The summed E-state index contributed by atoms with van der Waals surface area (Å²) in [6.45, 7) is 7.99. The van der Waals surface area contributed by atoms with E-state index in [9.17, 15) is 4.79 Å². The zero-order valence-corrected chi connectivity index (χ0v) is 15.0. The van der Waals surface area contributed by atoms with E-state index in [1.165, 1.54) is 30.5 Å². The van der Waals surface area contributed by atoms with E-state index in [-0.39, 0.29) is 12.0 Å². The van der Waals surface area contributed by atoms with Crippen molar-refractivity contribution in [1.29, 1.82) is 0 Å². The van der Waals surface area contributed by atoms with Crippen molar-refractivity contribution in [2.45, 2.75) is 57.6 Å². The van der Waals surface area contributed by atoms with Gasteiger partial charge >= 0.3 is 0 Å². The third-order valence-corrected chi connectivity index (χ3v) is 5.28. The molecule has 2 heterocycles. The zero-order valence-electron chi connectivity index (χ0n) is 15.0. The zero-order chi connectivity index (χ0) is 16.9. The van der Waals surface area contributed by atoms with E-state index in [0.717, 1.165) is 19.6 Å². The number of hydrogen-bond donors (Lipinski definition) is 1. The summed E-state index contributed by atoms with van der Waals surface area (Å²) < 4.78 is 5.88. The normalized spacial score (nSPS) is 24.1. The summed E-state index contributed by atoms with van der Waals surface area (Å²) in [6.07, 6.45) is 4.02. The molecule has 2 saturated heterocycles. The van der Waals surface area contributed by atoms with E-state index in [1.807, 2.05) is 0 Å². The summed E-state index contributed by atoms with van der Waals surface area (Å²) in [5, 5.41) is 3.04. The maximum atomic E-state index is 12.1.